The molecule has 0 aliphatic carbocycles. The molecule has 1 fully saturated rings. The second-order valence-electron chi connectivity index (χ2n) is 5.36. The fraction of sp³-hybridized carbons (Fsp3) is 0.600. The van der Waals surface area contributed by atoms with E-state index in [-0.39, 0.29) is 0 Å². The van der Waals surface area contributed by atoms with Gasteiger partial charge in [0.1, 0.15) is 0 Å². The topological polar surface area (TPSA) is 6.48 Å². The SMILES string of the molecule is CCN1CCCC1CN(C)Cc1ccc(Br)cc1Cl. The van der Waals surface area contributed by atoms with E-state index >= 15 is 0 Å². The second-order valence-corrected chi connectivity index (χ2v) is 6.68. The lowest BCUT2D eigenvalue weighted by atomic mass is 10.1. The Morgan fingerprint density at radius 2 is 2.26 bits per heavy atom. The Morgan fingerprint density at radius 1 is 1.47 bits per heavy atom. The van der Waals surface area contributed by atoms with Gasteiger partial charge < -0.3 is 4.90 Å². The van der Waals surface area contributed by atoms with Crippen LogP contribution in [0.2, 0.25) is 5.02 Å². The van der Waals surface area contributed by atoms with E-state index < -0.39 is 0 Å². The number of hydrogen-bond acceptors (Lipinski definition) is 2. The monoisotopic (exact) mass is 344 g/mol. The summed E-state index contributed by atoms with van der Waals surface area (Å²) in [5.74, 6) is 0. The lowest BCUT2D eigenvalue weighted by molar-refractivity contribution is 0.195. The third-order valence-corrected chi connectivity index (χ3v) is 4.73. The number of nitrogens with zero attached hydrogens (tertiary/aromatic N) is 2. The first-order valence-electron chi connectivity index (χ1n) is 6.96. The molecular formula is C15H22BrClN2. The molecule has 0 radical (unpaired) electrons. The zero-order valence-electron chi connectivity index (χ0n) is 11.7. The van der Waals surface area contributed by atoms with Crippen molar-refractivity contribution in [3.8, 4) is 0 Å². The van der Waals surface area contributed by atoms with Crippen LogP contribution in [0, 0.1) is 0 Å². The molecule has 1 heterocycles. The maximum absolute atomic E-state index is 6.28. The van der Waals surface area contributed by atoms with Gasteiger partial charge in [-0.05, 0) is 50.7 Å². The Hall–Kier alpha value is -0.0900. The molecule has 1 atom stereocenters. The number of halogens is 2. The third-order valence-electron chi connectivity index (χ3n) is 3.88. The molecule has 1 aromatic carbocycles. The highest BCUT2D eigenvalue weighted by Gasteiger charge is 2.24. The standard InChI is InChI=1S/C15H22BrClN2/c1-3-19-8-4-5-14(19)11-18(2)10-12-6-7-13(16)9-15(12)17/h6-7,9,14H,3-5,8,10-11H2,1-2H3. The van der Waals surface area contributed by atoms with Crippen molar-refractivity contribution >= 4 is 27.5 Å². The van der Waals surface area contributed by atoms with Crippen molar-refractivity contribution in [2.45, 2.75) is 32.4 Å². The molecule has 1 saturated heterocycles. The maximum atomic E-state index is 6.28. The first kappa shape index (κ1) is 15.3. The highest BCUT2D eigenvalue weighted by Crippen LogP contribution is 2.23. The number of likely N-dealkylation sites (tertiary alicyclic amines) is 1. The predicted octanol–water partition coefficient (Wildman–Crippen LogP) is 4.02. The minimum Gasteiger partial charge on any atom is -0.301 e. The second kappa shape index (κ2) is 7.07. The van der Waals surface area contributed by atoms with Crippen LogP contribution >= 0.6 is 27.5 Å². The van der Waals surface area contributed by atoms with Gasteiger partial charge in [-0.25, -0.2) is 0 Å². The number of likely N-dealkylation sites (N-methyl/N-ethyl adjacent to an activating group) is 2. The van der Waals surface area contributed by atoms with E-state index in [1.807, 2.05) is 6.07 Å². The molecule has 1 aliphatic heterocycles. The minimum absolute atomic E-state index is 0.712. The van der Waals surface area contributed by atoms with E-state index in [4.69, 9.17) is 11.6 Å². The molecule has 0 spiro atoms. The van der Waals surface area contributed by atoms with Gasteiger partial charge in [0.05, 0.1) is 0 Å². The van der Waals surface area contributed by atoms with Crippen molar-refractivity contribution in [2.24, 2.45) is 0 Å². The molecule has 2 rings (SSSR count). The Kier molecular flexibility index (Phi) is 5.70. The zero-order valence-corrected chi connectivity index (χ0v) is 14.0. The molecular weight excluding hydrogens is 324 g/mol. The molecule has 0 saturated carbocycles. The van der Waals surface area contributed by atoms with Crippen molar-refractivity contribution in [2.75, 3.05) is 26.7 Å². The van der Waals surface area contributed by atoms with Crippen molar-refractivity contribution in [3.05, 3.63) is 33.3 Å². The van der Waals surface area contributed by atoms with Crippen LogP contribution in [-0.4, -0.2) is 42.5 Å². The van der Waals surface area contributed by atoms with E-state index in [1.165, 1.54) is 24.9 Å². The van der Waals surface area contributed by atoms with Crippen LogP contribution in [-0.2, 0) is 6.54 Å². The van der Waals surface area contributed by atoms with Crippen molar-refractivity contribution in [1.29, 1.82) is 0 Å². The van der Waals surface area contributed by atoms with Crippen LogP contribution in [0.4, 0.5) is 0 Å². The lowest BCUT2D eigenvalue weighted by Crippen LogP contribution is -2.38. The highest BCUT2D eigenvalue weighted by molar-refractivity contribution is 9.10. The van der Waals surface area contributed by atoms with Crippen molar-refractivity contribution < 1.29 is 0 Å². The number of benzene rings is 1. The normalized spacial score (nSPS) is 20.4. The summed E-state index contributed by atoms with van der Waals surface area (Å²) in [4.78, 5) is 4.97. The number of rotatable bonds is 5. The quantitative estimate of drug-likeness (QED) is 0.795. The Labute approximate surface area is 129 Å². The van der Waals surface area contributed by atoms with Gasteiger partial charge in [-0.3, -0.25) is 4.90 Å². The predicted molar refractivity (Wildman–Crippen MR) is 85.8 cm³/mol. The molecule has 106 valence electrons. The van der Waals surface area contributed by atoms with E-state index in [0.717, 1.165) is 29.1 Å². The van der Waals surface area contributed by atoms with Gasteiger partial charge >= 0.3 is 0 Å². The smallest absolute Gasteiger partial charge is 0.0462 e. The summed E-state index contributed by atoms with van der Waals surface area (Å²) in [5, 5.41) is 0.847. The lowest BCUT2D eigenvalue weighted by Gasteiger charge is -2.28. The summed E-state index contributed by atoms with van der Waals surface area (Å²) >= 11 is 9.73. The summed E-state index contributed by atoms with van der Waals surface area (Å²) < 4.78 is 1.04. The summed E-state index contributed by atoms with van der Waals surface area (Å²) in [6, 6.07) is 6.85. The third kappa shape index (κ3) is 4.19. The van der Waals surface area contributed by atoms with E-state index in [2.05, 4.69) is 51.8 Å². The summed E-state index contributed by atoms with van der Waals surface area (Å²) in [6.45, 7) is 6.72. The molecule has 0 bridgehead atoms. The molecule has 1 aromatic rings. The molecule has 1 aliphatic rings. The van der Waals surface area contributed by atoms with Crippen molar-refractivity contribution in [3.63, 3.8) is 0 Å². The fourth-order valence-corrected chi connectivity index (χ4v) is 3.62. The van der Waals surface area contributed by atoms with Gasteiger partial charge in [0.15, 0.2) is 0 Å². The van der Waals surface area contributed by atoms with Crippen LogP contribution in [0.3, 0.4) is 0 Å². The van der Waals surface area contributed by atoms with Gasteiger partial charge in [-0.2, -0.15) is 0 Å². The van der Waals surface area contributed by atoms with Crippen LogP contribution < -0.4 is 0 Å². The molecule has 0 aromatic heterocycles. The van der Waals surface area contributed by atoms with Crippen LogP contribution in [0.15, 0.2) is 22.7 Å². The van der Waals surface area contributed by atoms with Gasteiger partial charge in [-0.1, -0.05) is 40.5 Å². The molecule has 0 amide bonds. The summed E-state index contributed by atoms with van der Waals surface area (Å²) in [7, 11) is 2.19. The average Bonchev–Trinajstić information content (AvgIpc) is 2.80. The molecule has 19 heavy (non-hydrogen) atoms. The minimum atomic E-state index is 0.712. The molecule has 1 unspecified atom stereocenters. The first-order chi connectivity index (χ1) is 9.10. The summed E-state index contributed by atoms with van der Waals surface area (Å²) in [5.41, 5.74) is 1.20. The highest BCUT2D eigenvalue weighted by atomic mass is 79.9. The van der Waals surface area contributed by atoms with Crippen LogP contribution in [0.1, 0.15) is 25.3 Å². The van der Waals surface area contributed by atoms with E-state index in [9.17, 15) is 0 Å². The first-order valence-corrected chi connectivity index (χ1v) is 8.13. The Bertz CT molecular complexity index is 425. The zero-order chi connectivity index (χ0) is 13.8. The largest absolute Gasteiger partial charge is 0.301 e. The van der Waals surface area contributed by atoms with Gasteiger partial charge in [0.25, 0.3) is 0 Å². The molecule has 4 heteroatoms. The van der Waals surface area contributed by atoms with Crippen molar-refractivity contribution in [1.82, 2.24) is 9.80 Å². The van der Waals surface area contributed by atoms with Gasteiger partial charge in [-0.15, -0.1) is 0 Å². The average molecular weight is 346 g/mol. The van der Waals surface area contributed by atoms with Crippen LogP contribution in [0.5, 0.6) is 0 Å². The van der Waals surface area contributed by atoms with E-state index in [0.29, 0.717) is 6.04 Å². The Balaban J connectivity index is 1.92. The fourth-order valence-electron chi connectivity index (χ4n) is 2.88. The van der Waals surface area contributed by atoms with Gasteiger partial charge in [0.2, 0.25) is 0 Å². The number of hydrogen-bond donors (Lipinski definition) is 0. The summed E-state index contributed by atoms with van der Waals surface area (Å²) in [6.07, 6.45) is 2.66. The molecule has 0 N–H and O–H groups in total. The van der Waals surface area contributed by atoms with Crippen LogP contribution in [0.25, 0.3) is 0 Å². The van der Waals surface area contributed by atoms with E-state index in [1.54, 1.807) is 0 Å². The Morgan fingerprint density at radius 3 is 2.95 bits per heavy atom. The van der Waals surface area contributed by atoms with Gasteiger partial charge in [0, 0.05) is 28.6 Å². The maximum Gasteiger partial charge on any atom is 0.0462 e. The molecule has 2 nitrogen and oxygen atoms in total.